The number of carbonyl (C=O) groups excluding carboxylic acids is 2. The molecule has 3 heterocycles. The van der Waals surface area contributed by atoms with Crippen LogP contribution in [0.1, 0.15) is 23.2 Å². The number of carbonyl (C=O) groups is 2. The van der Waals surface area contributed by atoms with Crippen molar-refractivity contribution in [2.24, 2.45) is 5.92 Å². The van der Waals surface area contributed by atoms with Gasteiger partial charge in [-0.25, -0.2) is 9.37 Å². The zero-order chi connectivity index (χ0) is 20.2. The van der Waals surface area contributed by atoms with Gasteiger partial charge < -0.3 is 14.7 Å². The molecule has 2 saturated heterocycles. The van der Waals surface area contributed by atoms with Crippen molar-refractivity contribution in [1.29, 1.82) is 0 Å². The molecule has 0 spiro atoms. The second-order valence-corrected chi connectivity index (χ2v) is 7.57. The van der Waals surface area contributed by atoms with Gasteiger partial charge in [0.1, 0.15) is 11.6 Å². The molecule has 2 aliphatic rings. The Balaban J connectivity index is 1.34. The Hall–Kier alpha value is -2.96. The van der Waals surface area contributed by atoms with E-state index in [9.17, 15) is 14.0 Å². The topological polar surface area (TPSA) is 56.8 Å². The van der Waals surface area contributed by atoms with E-state index in [1.807, 2.05) is 23.1 Å². The molecule has 2 fully saturated rings. The van der Waals surface area contributed by atoms with Crippen LogP contribution < -0.4 is 4.90 Å². The van der Waals surface area contributed by atoms with Crippen LogP contribution >= 0.6 is 0 Å². The normalized spacial score (nSPS) is 19.9. The minimum Gasteiger partial charge on any atom is -0.356 e. The number of nitrogens with zero attached hydrogens (tertiary/aromatic N) is 4. The SMILES string of the molecule is O=C(c1ccccc1F)N1CCN(C(=O)[C@@H]2CCCN(c3ccccn3)C2)CC1. The summed E-state index contributed by atoms with van der Waals surface area (Å²) in [6.45, 7) is 3.40. The number of halogens is 1. The van der Waals surface area contributed by atoms with E-state index in [1.54, 1.807) is 23.2 Å². The lowest BCUT2D eigenvalue weighted by atomic mass is 9.96. The van der Waals surface area contributed by atoms with E-state index in [4.69, 9.17) is 0 Å². The Morgan fingerprint density at radius 2 is 1.66 bits per heavy atom. The lowest BCUT2D eigenvalue weighted by molar-refractivity contribution is -0.137. The Kier molecular flexibility index (Phi) is 5.74. The molecule has 0 unspecified atom stereocenters. The summed E-state index contributed by atoms with van der Waals surface area (Å²) in [7, 11) is 0. The molecular formula is C22H25FN4O2. The van der Waals surface area contributed by atoms with Crippen molar-refractivity contribution in [2.45, 2.75) is 12.8 Å². The number of rotatable bonds is 3. The van der Waals surface area contributed by atoms with Gasteiger partial charge >= 0.3 is 0 Å². The molecule has 29 heavy (non-hydrogen) atoms. The molecule has 7 heteroatoms. The summed E-state index contributed by atoms with van der Waals surface area (Å²) in [5, 5.41) is 0. The molecule has 6 nitrogen and oxygen atoms in total. The van der Waals surface area contributed by atoms with Crippen LogP contribution in [0.25, 0.3) is 0 Å². The van der Waals surface area contributed by atoms with Gasteiger partial charge in [-0.05, 0) is 37.1 Å². The molecule has 4 rings (SSSR count). The fourth-order valence-corrected chi connectivity index (χ4v) is 4.12. The van der Waals surface area contributed by atoms with Crippen molar-refractivity contribution in [1.82, 2.24) is 14.8 Å². The highest BCUT2D eigenvalue weighted by Crippen LogP contribution is 2.23. The summed E-state index contributed by atoms with van der Waals surface area (Å²) in [4.78, 5) is 35.7. The zero-order valence-electron chi connectivity index (χ0n) is 16.3. The monoisotopic (exact) mass is 396 g/mol. The van der Waals surface area contributed by atoms with Crippen molar-refractivity contribution in [3.63, 3.8) is 0 Å². The van der Waals surface area contributed by atoms with Crippen molar-refractivity contribution < 1.29 is 14.0 Å². The van der Waals surface area contributed by atoms with Crippen LogP contribution in [-0.4, -0.2) is 65.9 Å². The second-order valence-electron chi connectivity index (χ2n) is 7.57. The van der Waals surface area contributed by atoms with Crippen LogP contribution in [0.4, 0.5) is 10.2 Å². The molecule has 1 aromatic carbocycles. The molecule has 152 valence electrons. The van der Waals surface area contributed by atoms with Crippen LogP contribution in [0.3, 0.4) is 0 Å². The van der Waals surface area contributed by atoms with Gasteiger partial charge in [0.25, 0.3) is 5.91 Å². The zero-order valence-corrected chi connectivity index (χ0v) is 16.3. The molecule has 2 aromatic rings. The first-order chi connectivity index (χ1) is 14.1. The number of hydrogen-bond acceptors (Lipinski definition) is 4. The number of piperazine rings is 1. The molecule has 0 bridgehead atoms. The first-order valence-electron chi connectivity index (χ1n) is 10.1. The number of anilines is 1. The Bertz CT molecular complexity index is 868. The summed E-state index contributed by atoms with van der Waals surface area (Å²) in [5.41, 5.74) is 0.0885. The fourth-order valence-electron chi connectivity index (χ4n) is 4.12. The maximum Gasteiger partial charge on any atom is 0.256 e. The largest absolute Gasteiger partial charge is 0.356 e. The quantitative estimate of drug-likeness (QED) is 0.800. The Labute approximate surface area is 169 Å². The number of pyridine rings is 1. The third-order valence-electron chi connectivity index (χ3n) is 5.73. The van der Waals surface area contributed by atoms with E-state index in [1.165, 1.54) is 12.1 Å². The highest BCUT2D eigenvalue weighted by molar-refractivity contribution is 5.94. The van der Waals surface area contributed by atoms with Crippen LogP contribution in [-0.2, 0) is 4.79 Å². The minimum absolute atomic E-state index is 0.0559. The predicted octanol–water partition coefficient (Wildman–Crippen LogP) is 2.42. The van der Waals surface area contributed by atoms with E-state index in [0.717, 1.165) is 25.2 Å². The average Bonchev–Trinajstić information content (AvgIpc) is 2.79. The fraction of sp³-hybridized carbons (Fsp3) is 0.409. The third-order valence-corrected chi connectivity index (χ3v) is 5.73. The summed E-state index contributed by atoms with van der Waals surface area (Å²) in [5.74, 6) is 0.176. The van der Waals surface area contributed by atoms with Crippen LogP contribution in [0.2, 0.25) is 0 Å². The van der Waals surface area contributed by atoms with Gasteiger partial charge in [0.2, 0.25) is 5.91 Å². The number of hydrogen-bond donors (Lipinski definition) is 0. The van der Waals surface area contributed by atoms with Crippen LogP contribution in [0.5, 0.6) is 0 Å². The van der Waals surface area contributed by atoms with Crippen LogP contribution in [0.15, 0.2) is 48.7 Å². The van der Waals surface area contributed by atoms with E-state index >= 15 is 0 Å². The molecule has 1 aromatic heterocycles. The number of piperidine rings is 1. The van der Waals surface area contributed by atoms with Gasteiger partial charge in [0.05, 0.1) is 11.5 Å². The highest BCUT2D eigenvalue weighted by Gasteiger charge is 2.32. The van der Waals surface area contributed by atoms with Crippen LogP contribution in [0, 0.1) is 11.7 Å². The highest BCUT2D eigenvalue weighted by atomic mass is 19.1. The molecule has 2 amide bonds. The summed E-state index contributed by atoms with van der Waals surface area (Å²) < 4.78 is 13.9. The standard InChI is InChI=1S/C22H25FN4O2/c23-19-8-2-1-7-18(19)22(29)26-14-12-25(13-15-26)21(28)17-6-5-11-27(16-17)20-9-3-4-10-24-20/h1-4,7-10,17H,5-6,11-16H2/t17-/m1/s1. The van der Waals surface area contributed by atoms with Gasteiger partial charge in [0, 0.05) is 45.5 Å². The van der Waals surface area contributed by atoms with Gasteiger partial charge in [0.15, 0.2) is 0 Å². The van der Waals surface area contributed by atoms with Gasteiger partial charge in [-0.3, -0.25) is 9.59 Å². The molecule has 0 radical (unpaired) electrons. The second kappa shape index (κ2) is 8.59. The van der Waals surface area contributed by atoms with E-state index < -0.39 is 5.82 Å². The van der Waals surface area contributed by atoms with Gasteiger partial charge in [-0.2, -0.15) is 0 Å². The molecular weight excluding hydrogens is 371 g/mol. The van der Waals surface area contributed by atoms with Crippen molar-refractivity contribution in [3.8, 4) is 0 Å². The first-order valence-corrected chi connectivity index (χ1v) is 10.1. The van der Waals surface area contributed by atoms with Crippen molar-refractivity contribution >= 4 is 17.6 Å². The van der Waals surface area contributed by atoms with Crippen molar-refractivity contribution in [2.75, 3.05) is 44.2 Å². The van der Waals surface area contributed by atoms with E-state index in [-0.39, 0.29) is 23.3 Å². The van der Waals surface area contributed by atoms with Gasteiger partial charge in [-0.15, -0.1) is 0 Å². The molecule has 1 atom stereocenters. The maximum atomic E-state index is 13.9. The van der Waals surface area contributed by atoms with E-state index in [0.29, 0.717) is 32.7 Å². The lowest BCUT2D eigenvalue weighted by Gasteiger charge is -2.39. The predicted molar refractivity (Wildman–Crippen MR) is 108 cm³/mol. The van der Waals surface area contributed by atoms with Crippen molar-refractivity contribution in [3.05, 3.63) is 60.0 Å². The smallest absolute Gasteiger partial charge is 0.256 e. The number of amides is 2. The minimum atomic E-state index is -0.507. The molecule has 0 aliphatic carbocycles. The molecule has 0 N–H and O–H groups in total. The average molecular weight is 396 g/mol. The number of aromatic nitrogens is 1. The third kappa shape index (κ3) is 4.23. The Morgan fingerprint density at radius 3 is 2.38 bits per heavy atom. The van der Waals surface area contributed by atoms with E-state index in [2.05, 4.69) is 9.88 Å². The summed E-state index contributed by atoms with van der Waals surface area (Å²) in [6.07, 6.45) is 3.60. The lowest BCUT2D eigenvalue weighted by Crippen LogP contribution is -2.53. The summed E-state index contributed by atoms with van der Waals surface area (Å²) in [6, 6.07) is 11.8. The molecule has 2 aliphatic heterocycles. The summed E-state index contributed by atoms with van der Waals surface area (Å²) >= 11 is 0. The Morgan fingerprint density at radius 1 is 0.931 bits per heavy atom. The first kappa shape index (κ1) is 19.4. The van der Waals surface area contributed by atoms with Gasteiger partial charge in [-0.1, -0.05) is 18.2 Å². The molecule has 0 saturated carbocycles. The number of benzene rings is 1. The maximum absolute atomic E-state index is 13.9.